The van der Waals surface area contributed by atoms with E-state index in [1.54, 1.807) is 17.5 Å². The van der Waals surface area contributed by atoms with E-state index < -0.39 is 23.6 Å². The molecule has 110 valence electrons. The summed E-state index contributed by atoms with van der Waals surface area (Å²) < 4.78 is 26.2. The molecule has 0 unspecified atom stereocenters. The summed E-state index contributed by atoms with van der Waals surface area (Å²) >= 11 is 1.25. The second kappa shape index (κ2) is 6.45. The lowest BCUT2D eigenvalue weighted by Gasteiger charge is -2.14. The van der Waals surface area contributed by atoms with E-state index in [0.29, 0.717) is 10.9 Å². The number of amides is 2. The average Bonchev–Trinajstić information content (AvgIpc) is 2.95. The summed E-state index contributed by atoms with van der Waals surface area (Å²) in [6, 6.07) is 5.32. The van der Waals surface area contributed by atoms with E-state index in [4.69, 9.17) is 0 Å². The molecule has 1 aromatic carbocycles. The second-order valence-corrected chi connectivity index (χ2v) is 5.23. The smallest absolute Gasteiger partial charge is 0.261 e. The fourth-order valence-electron chi connectivity index (χ4n) is 1.57. The van der Waals surface area contributed by atoms with E-state index in [2.05, 4.69) is 10.6 Å². The standard InChI is InChI=1S/C14H12F2N2O2S/c1-8(17-14(20)12-3-2-6-21-12)13(19)18-11-5-4-9(15)7-10(11)16/h2-8H,1H3,(H,17,20)(H,18,19)/t8-/m1/s1. The van der Waals surface area contributed by atoms with Crippen molar-refractivity contribution in [2.75, 3.05) is 5.32 Å². The van der Waals surface area contributed by atoms with Gasteiger partial charge in [-0.05, 0) is 30.5 Å². The zero-order valence-electron chi connectivity index (χ0n) is 11.0. The van der Waals surface area contributed by atoms with Crippen molar-refractivity contribution in [3.05, 3.63) is 52.2 Å². The first-order valence-electron chi connectivity index (χ1n) is 6.07. The Bertz CT molecular complexity index is 659. The maximum absolute atomic E-state index is 13.4. The summed E-state index contributed by atoms with van der Waals surface area (Å²) in [5, 5.41) is 6.54. The summed E-state index contributed by atoms with van der Waals surface area (Å²) in [7, 11) is 0. The van der Waals surface area contributed by atoms with Gasteiger partial charge in [0.1, 0.15) is 17.7 Å². The SMILES string of the molecule is C[C@@H](NC(=O)c1cccs1)C(=O)Nc1ccc(F)cc1F. The maximum atomic E-state index is 13.4. The number of rotatable bonds is 4. The van der Waals surface area contributed by atoms with Crippen LogP contribution in [0.15, 0.2) is 35.7 Å². The Morgan fingerprint density at radius 2 is 2.00 bits per heavy atom. The Morgan fingerprint density at radius 3 is 2.62 bits per heavy atom. The van der Waals surface area contributed by atoms with E-state index in [1.165, 1.54) is 18.3 Å². The largest absolute Gasteiger partial charge is 0.340 e. The number of benzene rings is 1. The molecule has 0 spiro atoms. The van der Waals surface area contributed by atoms with Crippen LogP contribution in [0.5, 0.6) is 0 Å². The van der Waals surface area contributed by atoms with Crippen molar-refractivity contribution in [3.63, 3.8) is 0 Å². The van der Waals surface area contributed by atoms with E-state index in [1.807, 2.05) is 0 Å². The third-order valence-corrected chi connectivity index (χ3v) is 3.54. The normalized spacial score (nSPS) is 11.8. The monoisotopic (exact) mass is 310 g/mol. The molecule has 0 saturated carbocycles. The molecule has 0 radical (unpaired) electrons. The van der Waals surface area contributed by atoms with Crippen LogP contribution in [0, 0.1) is 11.6 Å². The van der Waals surface area contributed by atoms with Crippen molar-refractivity contribution in [2.24, 2.45) is 0 Å². The number of nitrogens with one attached hydrogen (secondary N) is 2. The van der Waals surface area contributed by atoms with Gasteiger partial charge in [-0.1, -0.05) is 6.07 Å². The molecule has 7 heteroatoms. The number of hydrogen-bond acceptors (Lipinski definition) is 3. The lowest BCUT2D eigenvalue weighted by Crippen LogP contribution is -2.41. The van der Waals surface area contributed by atoms with Crippen molar-refractivity contribution >= 4 is 28.8 Å². The van der Waals surface area contributed by atoms with Gasteiger partial charge in [0.05, 0.1) is 10.6 Å². The summed E-state index contributed by atoms with van der Waals surface area (Å²) in [4.78, 5) is 24.1. The Morgan fingerprint density at radius 1 is 1.24 bits per heavy atom. The molecule has 0 fully saturated rings. The third-order valence-electron chi connectivity index (χ3n) is 2.67. The second-order valence-electron chi connectivity index (χ2n) is 4.29. The summed E-state index contributed by atoms with van der Waals surface area (Å²) in [5.41, 5.74) is -0.140. The highest BCUT2D eigenvalue weighted by atomic mass is 32.1. The quantitative estimate of drug-likeness (QED) is 0.912. The van der Waals surface area contributed by atoms with E-state index in [-0.39, 0.29) is 11.6 Å². The third kappa shape index (κ3) is 3.85. The zero-order chi connectivity index (χ0) is 15.4. The number of anilines is 1. The minimum atomic E-state index is -0.875. The lowest BCUT2D eigenvalue weighted by atomic mass is 10.2. The fraction of sp³-hybridized carbons (Fsp3) is 0.143. The molecule has 21 heavy (non-hydrogen) atoms. The highest BCUT2D eigenvalue weighted by Gasteiger charge is 2.18. The van der Waals surface area contributed by atoms with Gasteiger partial charge in [0.25, 0.3) is 5.91 Å². The Hall–Kier alpha value is -2.28. The van der Waals surface area contributed by atoms with Crippen LogP contribution >= 0.6 is 11.3 Å². The summed E-state index contributed by atoms with van der Waals surface area (Å²) in [6.45, 7) is 1.47. The molecular weight excluding hydrogens is 298 g/mol. The maximum Gasteiger partial charge on any atom is 0.261 e. The molecule has 4 nitrogen and oxygen atoms in total. The van der Waals surface area contributed by atoms with Crippen LogP contribution in [0.25, 0.3) is 0 Å². The molecular formula is C14H12F2N2O2S. The fourth-order valence-corrected chi connectivity index (χ4v) is 2.20. The Kier molecular flexibility index (Phi) is 4.64. The average molecular weight is 310 g/mol. The van der Waals surface area contributed by atoms with Gasteiger partial charge in [0, 0.05) is 6.07 Å². The first-order valence-corrected chi connectivity index (χ1v) is 6.95. The molecule has 0 aliphatic carbocycles. The Balaban J connectivity index is 1.98. The number of carbonyl (C=O) groups is 2. The van der Waals surface area contributed by atoms with Crippen molar-refractivity contribution < 1.29 is 18.4 Å². The van der Waals surface area contributed by atoms with Crippen LogP contribution < -0.4 is 10.6 Å². The summed E-state index contributed by atoms with van der Waals surface area (Å²) in [5.74, 6) is -2.58. The van der Waals surface area contributed by atoms with Gasteiger partial charge in [-0.15, -0.1) is 11.3 Å². The highest BCUT2D eigenvalue weighted by Crippen LogP contribution is 2.15. The molecule has 2 aromatic rings. The predicted molar refractivity (Wildman–Crippen MR) is 76.2 cm³/mol. The minimum Gasteiger partial charge on any atom is -0.340 e. The van der Waals surface area contributed by atoms with Crippen molar-refractivity contribution in [3.8, 4) is 0 Å². The highest BCUT2D eigenvalue weighted by molar-refractivity contribution is 7.12. The van der Waals surface area contributed by atoms with Gasteiger partial charge in [0.2, 0.25) is 5.91 Å². The number of halogens is 2. The molecule has 0 aliphatic heterocycles. The predicted octanol–water partition coefficient (Wildman–Crippen LogP) is 2.78. The van der Waals surface area contributed by atoms with Crippen LogP contribution in [0.1, 0.15) is 16.6 Å². The van der Waals surface area contributed by atoms with E-state index in [0.717, 1.165) is 12.1 Å². The van der Waals surface area contributed by atoms with Crippen LogP contribution in [0.4, 0.5) is 14.5 Å². The van der Waals surface area contributed by atoms with E-state index in [9.17, 15) is 18.4 Å². The topological polar surface area (TPSA) is 58.2 Å². The van der Waals surface area contributed by atoms with Gasteiger partial charge in [0.15, 0.2) is 0 Å². The molecule has 2 N–H and O–H groups in total. The molecule has 1 aromatic heterocycles. The molecule has 2 rings (SSSR count). The molecule has 0 saturated heterocycles. The van der Waals surface area contributed by atoms with Gasteiger partial charge in [-0.3, -0.25) is 9.59 Å². The first kappa shape index (κ1) is 15.1. The molecule has 0 aliphatic rings. The van der Waals surface area contributed by atoms with Gasteiger partial charge in [-0.2, -0.15) is 0 Å². The number of thiophene rings is 1. The zero-order valence-corrected chi connectivity index (χ0v) is 11.8. The van der Waals surface area contributed by atoms with Crippen LogP contribution in [0.3, 0.4) is 0 Å². The van der Waals surface area contributed by atoms with Crippen LogP contribution in [-0.4, -0.2) is 17.9 Å². The van der Waals surface area contributed by atoms with E-state index >= 15 is 0 Å². The first-order chi connectivity index (χ1) is 9.97. The van der Waals surface area contributed by atoms with Gasteiger partial charge >= 0.3 is 0 Å². The van der Waals surface area contributed by atoms with Gasteiger partial charge < -0.3 is 10.6 Å². The number of carbonyl (C=O) groups excluding carboxylic acids is 2. The number of hydrogen-bond donors (Lipinski definition) is 2. The minimum absolute atomic E-state index is 0.140. The van der Waals surface area contributed by atoms with Crippen molar-refractivity contribution in [2.45, 2.75) is 13.0 Å². The molecule has 2 amide bonds. The molecule has 1 heterocycles. The van der Waals surface area contributed by atoms with Crippen LogP contribution in [-0.2, 0) is 4.79 Å². The van der Waals surface area contributed by atoms with Gasteiger partial charge in [-0.25, -0.2) is 8.78 Å². The van der Waals surface area contributed by atoms with Crippen LogP contribution in [0.2, 0.25) is 0 Å². The lowest BCUT2D eigenvalue weighted by molar-refractivity contribution is -0.117. The molecule has 1 atom stereocenters. The Labute approximate surface area is 123 Å². The molecule has 0 bridgehead atoms. The van der Waals surface area contributed by atoms with Crippen molar-refractivity contribution in [1.82, 2.24) is 5.32 Å². The summed E-state index contributed by atoms with van der Waals surface area (Å²) in [6.07, 6.45) is 0. The van der Waals surface area contributed by atoms with Crippen molar-refractivity contribution in [1.29, 1.82) is 0 Å².